The van der Waals surface area contributed by atoms with Gasteiger partial charge in [-0.3, -0.25) is 4.79 Å². The molecule has 3 nitrogen and oxygen atoms in total. The highest BCUT2D eigenvalue weighted by atomic mass is 35.5. The third-order valence-electron chi connectivity index (χ3n) is 3.38. The van der Waals surface area contributed by atoms with Crippen molar-refractivity contribution in [2.24, 2.45) is 0 Å². The molecule has 0 spiro atoms. The molecule has 98 valence electrons. The van der Waals surface area contributed by atoms with Crippen molar-refractivity contribution in [1.82, 2.24) is 4.90 Å². The van der Waals surface area contributed by atoms with Crippen LogP contribution < -0.4 is 5.32 Å². The molecule has 1 amide bonds. The summed E-state index contributed by atoms with van der Waals surface area (Å²) < 4.78 is 0. The van der Waals surface area contributed by atoms with E-state index in [4.69, 9.17) is 11.6 Å². The Labute approximate surface area is 113 Å². The van der Waals surface area contributed by atoms with Crippen LogP contribution >= 0.6 is 11.6 Å². The molecule has 1 aliphatic rings. The van der Waals surface area contributed by atoms with Crippen LogP contribution in [0.5, 0.6) is 0 Å². The van der Waals surface area contributed by atoms with Crippen LogP contribution in [0.4, 0.5) is 5.69 Å². The number of benzene rings is 1. The van der Waals surface area contributed by atoms with E-state index >= 15 is 0 Å². The van der Waals surface area contributed by atoms with Gasteiger partial charge in [-0.1, -0.05) is 17.7 Å². The van der Waals surface area contributed by atoms with Crippen LogP contribution in [0.3, 0.4) is 0 Å². The number of halogens is 1. The molecule has 2 rings (SSSR count). The number of rotatable bonds is 4. The smallest absolute Gasteiger partial charge is 0.224 e. The lowest BCUT2D eigenvalue weighted by Crippen LogP contribution is -2.29. The SMILES string of the molecule is Cc1c(Cl)cccc1NCCC(=O)N1CCCC1. The predicted molar refractivity (Wildman–Crippen MR) is 75.1 cm³/mol. The van der Waals surface area contributed by atoms with Gasteiger partial charge in [-0.05, 0) is 37.5 Å². The molecule has 0 bridgehead atoms. The van der Waals surface area contributed by atoms with Gasteiger partial charge >= 0.3 is 0 Å². The number of nitrogens with one attached hydrogen (secondary N) is 1. The molecule has 1 heterocycles. The van der Waals surface area contributed by atoms with Crippen molar-refractivity contribution >= 4 is 23.2 Å². The van der Waals surface area contributed by atoms with Crippen LogP contribution in [-0.2, 0) is 4.79 Å². The Kier molecular flexibility index (Phi) is 4.48. The number of amides is 1. The first-order chi connectivity index (χ1) is 8.68. The van der Waals surface area contributed by atoms with Crippen molar-refractivity contribution in [3.63, 3.8) is 0 Å². The summed E-state index contributed by atoms with van der Waals surface area (Å²) in [7, 11) is 0. The lowest BCUT2D eigenvalue weighted by Gasteiger charge is -2.16. The van der Waals surface area contributed by atoms with Gasteiger partial charge in [0.2, 0.25) is 5.91 Å². The average Bonchev–Trinajstić information content (AvgIpc) is 2.88. The Morgan fingerprint density at radius 2 is 2.11 bits per heavy atom. The summed E-state index contributed by atoms with van der Waals surface area (Å²) in [5, 5.41) is 4.03. The minimum atomic E-state index is 0.250. The Morgan fingerprint density at radius 3 is 2.83 bits per heavy atom. The molecule has 0 unspecified atom stereocenters. The zero-order valence-corrected chi connectivity index (χ0v) is 11.5. The molecule has 0 aromatic heterocycles. The van der Waals surface area contributed by atoms with Crippen molar-refractivity contribution in [3.05, 3.63) is 28.8 Å². The largest absolute Gasteiger partial charge is 0.384 e. The molecule has 1 aromatic carbocycles. The Hall–Kier alpha value is -1.22. The van der Waals surface area contributed by atoms with E-state index in [1.54, 1.807) is 0 Å². The van der Waals surface area contributed by atoms with Gasteiger partial charge in [0, 0.05) is 36.8 Å². The van der Waals surface area contributed by atoms with Crippen LogP contribution in [0.15, 0.2) is 18.2 Å². The van der Waals surface area contributed by atoms with Gasteiger partial charge in [-0.2, -0.15) is 0 Å². The third kappa shape index (κ3) is 3.16. The van der Waals surface area contributed by atoms with Gasteiger partial charge in [0.05, 0.1) is 0 Å². The minimum Gasteiger partial charge on any atom is -0.384 e. The maximum atomic E-state index is 11.8. The van der Waals surface area contributed by atoms with E-state index in [1.165, 1.54) is 0 Å². The Bertz CT molecular complexity index is 428. The van der Waals surface area contributed by atoms with Crippen molar-refractivity contribution < 1.29 is 4.79 Å². The monoisotopic (exact) mass is 266 g/mol. The van der Waals surface area contributed by atoms with Crippen molar-refractivity contribution in [3.8, 4) is 0 Å². The second-order valence-corrected chi connectivity index (χ2v) is 5.08. The highest BCUT2D eigenvalue weighted by Gasteiger charge is 2.17. The second kappa shape index (κ2) is 6.10. The standard InChI is InChI=1S/C14H19ClN2O/c1-11-12(15)5-4-6-13(11)16-8-7-14(18)17-9-2-3-10-17/h4-6,16H,2-3,7-10H2,1H3. The fourth-order valence-electron chi connectivity index (χ4n) is 2.23. The molecule has 18 heavy (non-hydrogen) atoms. The van der Waals surface area contributed by atoms with E-state index in [0.29, 0.717) is 13.0 Å². The molecule has 0 aliphatic carbocycles. The molecule has 0 radical (unpaired) electrons. The molecule has 0 atom stereocenters. The lowest BCUT2D eigenvalue weighted by molar-refractivity contribution is -0.129. The topological polar surface area (TPSA) is 32.3 Å². The third-order valence-corrected chi connectivity index (χ3v) is 3.79. The number of hydrogen-bond donors (Lipinski definition) is 1. The molecule has 1 N–H and O–H groups in total. The Balaban J connectivity index is 1.81. The zero-order chi connectivity index (χ0) is 13.0. The van der Waals surface area contributed by atoms with E-state index < -0.39 is 0 Å². The molecule has 1 fully saturated rings. The fourth-order valence-corrected chi connectivity index (χ4v) is 2.40. The summed E-state index contributed by atoms with van der Waals surface area (Å²) in [5.74, 6) is 0.250. The molecule has 0 saturated carbocycles. The van der Waals surface area contributed by atoms with Gasteiger partial charge in [-0.25, -0.2) is 0 Å². The maximum Gasteiger partial charge on any atom is 0.224 e. The molecule has 4 heteroatoms. The van der Waals surface area contributed by atoms with Crippen molar-refractivity contribution in [2.45, 2.75) is 26.2 Å². The highest BCUT2D eigenvalue weighted by Crippen LogP contribution is 2.22. The van der Waals surface area contributed by atoms with Gasteiger partial charge in [0.1, 0.15) is 0 Å². The van der Waals surface area contributed by atoms with E-state index in [2.05, 4.69) is 5.32 Å². The fraction of sp³-hybridized carbons (Fsp3) is 0.500. The van der Waals surface area contributed by atoms with Crippen LogP contribution in [0, 0.1) is 6.92 Å². The summed E-state index contributed by atoms with van der Waals surface area (Å²) >= 11 is 6.04. The highest BCUT2D eigenvalue weighted by molar-refractivity contribution is 6.31. The van der Waals surface area contributed by atoms with E-state index in [-0.39, 0.29) is 5.91 Å². The molecule has 1 aromatic rings. The molecule has 1 saturated heterocycles. The first kappa shape index (κ1) is 13.2. The van der Waals surface area contributed by atoms with Gasteiger partial charge in [-0.15, -0.1) is 0 Å². The maximum absolute atomic E-state index is 11.8. The molecular formula is C14H19ClN2O. The average molecular weight is 267 g/mol. The predicted octanol–water partition coefficient (Wildman–Crippen LogP) is 3.07. The van der Waals surface area contributed by atoms with Crippen LogP contribution in [0.25, 0.3) is 0 Å². The zero-order valence-electron chi connectivity index (χ0n) is 10.7. The van der Waals surface area contributed by atoms with Crippen molar-refractivity contribution in [2.75, 3.05) is 25.0 Å². The van der Waals surface area contributed by atoms with Crippen LogP contribution in [0.2, 0.25) is 5.02 Å². The summed E-state index contributed by atoms with van der Waals surface area (Å²) in [4.78, 5) is 13.8. The number of hydrogen-bond acceptors (Lipinski definition) is 2. The van der Waals surface area contributed by atoms with Gasteiger partial charge in [0.15, 0.2) is 0 Å². The first-order valence-corrected chi connectivity index (χ1v) is 6.83. The molecular weight excluding hydrogens is 248 g/mol. The minimum absolute atomic E-state index is 0.250. The van der Waals surface area contributed by atoms with E-state index in [0.717, 1.165) is 42.2 Å². The number of anilines is 1. The number of carbonyl (C=O) groups is 1. The van der Waals surface area contributed by atoms with Crippen LogP contribution in [-0.4, -0.2) is 30.4 Å². The Morgan fingerprint density at radius 1 is 1.39 bits per heavy atom. The summed E-state index contributed by atoms with van der Waals surface area (Å²) in [5.41, 5.74) is 2.05. The summed E-state index contributed by atoms with van der Waals surface area (Å²) in [6, 6.07) is 5.78. The first-order valence-electron chi connectivity index (χ1n) is 6.45. The number of carbonyl (C=O) groups excluding carboxylic acids is 1. The summed E-state index contributed by atoms with van der Waals surface area (Å²) in [6.45, 7) is 4.49. The lowest BCUT2D eigenvalue weighted by atomic mass is 10.2. The number of nitrogens with zero attached hydrogens (tertiary/aromatic N) is 1. The van der Waals surface area contributed by atoms with E-state index in [1.807, 2.05) is 30.0 Å². The van der Waals surface area contributed by atoms with Gasteiger partial charge < -0.3 is 10.2 Å². The summed E-state index contributed by atoms with van der Waals surface area (Å²) in [6.07, 6.45) is 2.84. The van der Waals surface area contributed by atoms with Crippen molar-refractivity contribution in [1.29, 1.82) is 0 Å². The van der Waals surface area contributed by atoms with Crippen LogP contribution in [0.1, 0.15) is 24.8 Å². The van der Waals surface area contributed by atoms with E-state index in [9.17, 15) is 4.79 Å². The quantitative estimate of drug-likeness (QED) is 0.908. The number of likely N-dealkylation sites (tertiary alicyclic amines) is 1. The van der Waals surface area contributed by atoms with Gasteiger partial charge in [0.25, 0.3) is 0 Å². The second-order valence-electron chi connectivity index (χ2n) is 4.68. The molecule has 1 aliphatic heterocycles. The normalized spacial score (nSPS) is 14.9.